The number of aromatic nitrogens is 1. The van der Waals surface area contributed by atoms with Crippen LogP contribution < -0.4 is 5.43 Å². The molecule has 1 aliphatic carbocycles. The number of carboxylic acids is 1. The predicted molar refractivity (Wildman–Crippen MR) is 86.5 cm³/mol. The van der Waals surface area contributed by atoms with Crippen LogP contribution in [0.5, 0.6) is 5.75 Å². The van der Waals surface area contributed by atoms with Gasteiger partial charge in [-0.15, -0.1) is 0 Å². The van der Waals surface area contributed by atoms with Crippen LogP contribution in [-0.4, -0.2) is 32.5 Å². The second kappa shape index (κ2) is 6.42. The third-order valence-electron chi connectivity index (χ3n) is 4.30. The van der Waals surface area contributed by atoms with E-state index in [1.807, 2.05) is 13.8 Å². The van der Waals surface area contributed by atoms with Crippen molar-refractivity contribution in [3.8, 4) is 16.9 Å². The zero-order valence-corrected chi connectivity index (χ0v) is 13.5. The highest BCUT2D eigenvalue weighted by Crippen LogP contribution is 2.37. The van der Waals surface area contributed by atoms with Crippen LogP contribution in [0.2, 0.25) is 0 Å². The molecule has 1 aliphatic heterocycles. The van der Waals surface area contributed by atoms with Gasteiger partial charge in [-0.05, 0) is 30.9 Å². The number of hydrogen-bond donors (Lipinski definition) is 3. The van der Waals surface area contributed by atoms with E-state index in [0.29, 0.717) is 12.1 Å². The van der Waals surface area contributed by atoms with Crippen molar-refractivity contribution in [1.82, 2.24) is 4.57 Å². The van der Waals surface area contributed by atoms with Gasteiger partial charge in [0.25, 0.3) is 0 Å². The molecule has 0 saturated carbocycles. The van der Waals surface area contributed by atoms with E-state index in [0.717, 1.165) is 23.7 Å². The first kappa shape index (κ1) is 17.0. The van der Waals surface area contributed by atoms with Crippen LogP contribution in [0.15, 0.2) is 17.1 Å². The van der Waals surface area contributed by atoms with E-state index in [2.05, 4.69) is 0 Å². The molecule has 1 atom stereocenters. The summed E-state index contributed by atoms with van der Waals surface area (Å²) in [4.78, 5) is 23.6. The fourth-order valence-electron chi connectivity index (χ4n) is 3.05. The van der Waals surface area contributed by atoms with Gasteiger partial charge in [0.05, 0.1) is 12.2 Å². The lowest BCUT2D eigenvalue weighted by Crippen LogP contribution is -2.22. The quantitative estimate of drug-likeness (QED) is 0.784. The van der Waals surface area contributed by atoms with Crippen LogP contribution in [-0.2, 0) is 6.54 Å². The van der Waals surface area contributed by atoms with Crippen molar-refractivity contribution in [3.05, 3.63) is 39.3 Å². The molecule has 6 heteroatoms. The first-order chi connectivity index (χ1) is 10.8. The normalized spacial score (nSPS) is 12.5. The van der Waals surface area contributed by atoms with Crippen LogP contribution in [0.1, 0.15) is 47.8 Å². The number of aromatic carboxylic acids is 1. The smallest absolute Gasteiger partial charge is 0.339 e. The van der Waals surface area contributed by atoms with Crippen molar-refractivity contribution < 1.29 is 20.1 Å². The Bertz CT molecular complexity index is 778. The molecule has 6 nitrogen and oxygen atoms in total. The fraction of sp³-hybridized carbons (Fsp3) is 0.412. The molecule has 0 amide bonds. The number of nitrogens with zero attached hydrogens (tertiary/aromatic N) is 1. The summed E-state index contributed by atoms with van der Waals surface area (Å²) >= 11 is 0. The fourth-order valence-corrected chi connectivity index (χ4v) is 3.05. The van der Waals surface area contributed by atoms with Crippen LogP contribution in [0.4, 0.5) is 0 Å². The SMILES string of the molecule is CC[C@@H](C)c1c(C)c2c(O)cc(C(=O)O)c(=O)c-2cn1CCO. The van der Waals surface area contributed by atoms with E-state index < -0.39 is 17.0 Å². The van der Waals surface area contributed by atoms with Crippen molar-refractivity contribution >= 4 is 5.97 Å². The Labute approximate surface area is 134 Å². The highest BCUT2D eigenvalue weighted by atomic mass is 16.4. The number of aliphatic hydroxyl groups is 1. The molecule has 0 aromatic heterocycles. The van der Waals surface area contributed by atoms with Crippen molar-refractivity contribution in [1.29, 1.82) is 0 Å². The van der Waals surface area contributed by atoms with E-state index in [1.165, 1.54) is 6.20 Å². The number of carbonyl (C=O) groups is 1. The number of rotatable bonds is 5. The lowest BCUT2D eigenvalue weighted by molar-refractivity contribution is 0.0695. The van der Waals surface area contributed by atoms with Crippen LogP contribution in [0, 0.1) is 6.92 Å². The Kier molecular flexibility index (Phi) is 4.75. The number of phenolic OH excluding ortho intramolecular Hbond substituents is 1. The number of benzene rings is 1. The molecule has 0 aromatic carbocycles. The number of carboxylic acid groups (broad SMARTS) is 1. The molecule has 0 fully saturated rings. The Morgan fingerprint density at radius 3 is 2.57 bits per heavy atom. The van der Waals surface area contributed by atoms with E-state index in [1.54, 1.807) is 11.5 Å². The van der Waals surface area contributed by atoms with Crippen LogP contribution >= 0.6 is 0 Å². The van der Waals surface area contributed by atoms with Crippen molar-refractivity contribution in [3.63, 3.8) is 0 Å². The minimum Gasteiger partial charge on any atom is -0.507 e. The van der Waals surface area contributed by atoms with E-state index in [4.69, 9.17) is 5.11 Å². The zero-order valence-electron chi connectivity index (χ0n) is 13.5. The predicted octanol–water partition coefficient (Wildman–Crippen LogP) is 2.17. The number of fused-ring (bicyclic) bond motifs is 1. The van der Waals surface area contributed by atoms with E-state index in [9.17, 15) is 19.8 Å². The van der Waals surface area contributed by atoms with Gasteiger partial charge in [0.15, 0.2) is 0 Å². The average molecular weight is 319 g/mol. The summed E-state index contributed by atoms with van der Waals surface area (Å²) in [5.74, 6) is -1.42. The molecular formula is C17H21NO5. The average Bonchev–Trinajstić information content (AvgIpc) is 2.49. The highest BCUT2D eigenvalue weighted by Gasteiger charge is 2.25. The molecule has 23 heavy (non-hydrogen) atoms. The second-order valence-electron chi connectivity index (χ2n) is 5.73. The van der Waals surface area contributed by atoms with Gasteiger partial charge in [-0.3, -0.25) is 4.79 Å². The summed E-state index contributed by atoms with van der Waals surface area (Å²) in [6, 6.07) is 1.01. The maximum atomic E-state index is 12.4. The molecule has 3 N–H and O–H groups in total. The topological polar surface area (TPSA) is 99.8 Å². The van der Waals surface area contributed by atoms with Crippen LogP contribution in [0.25, 0.3) is 11.1 Å². The van der Waals surface area contributed by atoms with Gasteiger partial charge < -0.3 is 19.9 Å². The number of phenols is 1. The summed E-state index contributed by atoms with van der Waals surface area (Å²) in [7, 11) is 0. The summed E-state index contributed by atoms with van der Waals surface area (Å²) in [6.45, 7) is 6.07. The second-order valence-corrected chi connectivity index (χ2v) is 5.73. The van der Waals surface area contributed by atoms with Crippen LogP contribution in [0.3, 0.4) is 0 Å². The molecule has 0 radical (unpaired) electrons. The van der Waals surface area contributed by atoms with Crippen molar-refractivity contribution in [2.75, 3.05) is 6.61 Å². The standard InChI is InChI=1S/C17H21NO5/c1-4-9(2)15-10(3)14-12(8-18(15)5-6-19)16(21)11(17(22)23)7-13(14)20/h7-9,19-20H,4-6H2,1-3H3,(H,22,23)/t9-/m1/s1. The van der Waals surface area contributed by atoms with E-state index in [-0.39, 0.29) is 23.8 Å². The first-order valence-corrected chi connectivity index (χ1v) is 7.57. The maximum absolute atomic E-state index is 12.4. The summed E-state index contributed by atoms with van der Waals surface area (Å²) < 4.78 is 1.78. The third kappa shape index (κ3) is 2.82. The molecule has 2 rings (SSSR count). The highest BCUT2D eigenvalue weighted by molar-refractivity contribution is 5.92. The summed E-state index contributed by atoms with van der Waals surface area (Å²) in [5, 5.41) is 28.6. The number of aromatic hydroxyl groups is 1. The van der Waals surface area contributed by atoms with Gasteiger partial charge in [0, 0.05) is 24.0 Å². The summed E-state index contributed by atoms with van der Waals surface area (Å²) in [6.07, 6.45) is 2.39. The minimum atomic E-state index is -1.37. The van der Waals surface area contributed by atoms with E-state index >= 15 is 0 Å². The molecule has 124 valence electrons. The Hall–Kier alpha value is -2.34. The monoisotopic (exact) mass is 319 g/mol. The Morgan fingerprint density at radius 2 is 2.04 bits per heavy atom. The summed E-state index contributed by atoms with van der Waals surface area (Å²) in [5.41, 5.74) is 1.10. The molecule has 2 aliphatic rings. The number of pyridine rings is 1. The molecule has 0 spiro atoms. The molecule has 1 heterocycles. The number of hydrogen-bond acceptors (Lipinski definition) is 4. The lowest BCUT2D eigenvalue weighted by atomic mass is 9.90. The van der Waals surface area contributed by atoms with Gasteiger partial charge in [0.2, 0.25) is 5.43 Å². The molecule has 0 bridgehead atoms. The lowest BCUT2D eigenvalue weighted by Gasteiger charge is -2.25. The maximum Gasteiger partial charge on any atom is 0.339 e. The molecule has 0 aromatic rings. The zero-order chi connectivity index (χ0) is 17.3. The minimum absolute atomic E-state index is 0.0994. The number of aliphatic hydroxyl groups excluding tert-OH is 1. The first-order valence-electron chi connectivity index (χ1n) is 7.57. The Morgan fingerprint density at radius 1 is 1.39 bits per heavy atom. The van der Waals surface area contributed by atoms with Crippen molar-refractivity contribution in [2.24, 2.45) is 0 Å². The van der Waals surface area contributed by atoms with Crippen molar-refractivity contribution in [2.45, 2.75) is 39.7 Å². The molecular weight excluding hydrogens is 298 g/mol. The molecule has 0 unspecified atom stereocenters. The largest absolute Gasteiger partial charge is 0.507 e. The van der Waals surface area contributed by atoms with Gasteiger partial charge in [-0.2, -0.15) is 0 Å². The molecule has 0 saturated heterocycles. The van der Waals surface area contributed by atoms with Gasteiger partial charge >= 0.3 is 5.97 Å². The Balaban J connectivity index is 2.94. The third-order valence-corrected chi connectivity index (χ3v) is 4.30. The van der Waals surface area contributed by atoms with Gasteiger partial charge in [-0.25, -0.2) is 4.79 Å². The van der Waals surface area contributed by atoms with Gasteiger partial charge in [0.1, 0.15) is 11.3 Å². The van der Waals surface area contributed by atoms with Gasteiger partial charge in [-0.1, -0.05) is 13.8 Å².